The Morgan fingerprint density at radius 2 is 1.88 bits per heavy atom. The molecule has 3 aromatic rings. The summed E-state index contributed by atoms with van der Waals surface area (Å²) in [4.78, 5) is 37.9. The number of nitrogens with one attached hydrogen (secondary N) is 2. The summed E-state index contributed by atoms with van der Waals surface area (Å²) in [6, 6.07) is 8.68. The van der Waals surface area contributed by atoms with Gasteiger partial charge in [-0.15, -0.1) is 0 Å². The lowest BCUT2D eigenvalue weighted by atomic mass is 10.2. The van der Waals surface area contributed by atoms with Gasteiger partial charge in [0.25, 0.3) is 11.5 Å². The molecular formula is C16H15ClN4O5. The first-order valence-corrected chi connectivity index (χ1v) is 7.67. The van der Waals surface area contributed by atoms with Gasteiger partial charge in [-0.05, 0) is 23.8 Å². The highest BCUT2D eigenvalue weighted by Crippen LogP contribution is 2.24. The third kappa shape index (κ3) is 4.61. The molecule has 1 amide bonds. The molecule has 9 nitrogen and oxygen atoms in total. The van der Waals surface area contributed by atoms with Crippen LogP contribution in [-0.4, -0.2) is 36.8 Å². The Kier molecular flexibility index (Phi) is 5.97. The van der Waals surface area contributed by atoms with Crippen molar-refractivity contribution in [2.75, 3.05) is 0 Å². The fraction of sp³-hybridized carbons (Fsp3) is 0.125. The first kappa shape index (κ1) is 19.0. The minimum absolute atomic E-state index is 0.216. The highest BCUT2D eigenvalue weighted by Gasteiger charge is 2.12. The normalized spacial score (nSPS) is 10.1. The largest absolute Gasteiger partial charge is 0.481 e. The molecule has 26 heavy (non-hydrogen) atoms. The average molecular weight is 379 g/mol. The summed E-state index contributed by atoms with van der Waals surface area (Å²) >= 11 is 6.20. The van der Waals surface area contributed by atoms with E-state index >= 15 is 0 Å². The highest BCUT2D eigenvalue weighted by molar-refractivity contribution is 6.31. The molecule has 0 bridgehead atoms. The van der Waals surface area contributed by atoms with Crippen molar-refractivity contribution >= 4 is 34.7 Å². The number of hydrogen-bond acceptors (Lipinski definition) is 4. The molecule has 0 aliphatic heterocycles. The Bertz CT molecular complexity index is 990. The van der Waals surface area contributed by atoms with Crippen molar-refractivity contribution in [1.82, 2.24) is 19.9 Å². The molecule has 0 spiro atoms. The SMILES string of the molecule is CC(=O)O.O=C(O)NCc1ccc(-n2c(Cl)cc3c(=O)[nH]cnc32)cc1. The summed E-state index contributed by atoms with van der Waals surface area (Å²) in [5.41, 5.74) is 1.75. The van der Waals surface area contributed by atoms with E-state index in [1.54, 1.807) is 34.9 Å². The lowest BCUT2D eigenvalue weighted by molar-refractivity contribution is -0.134. The molecule has 0 aliphatic carbocycles. The van der Waals surface area contributed by atoms with Crippen LogP contribution in [0, 0.1) is 0 Å². The summed E-state index contributed by atoms with van der Waals surface area (Å²) < 4.78 is 1.65. The van der Waals surface area contributed by atoms with Gasteiger partial charge < -0.3 is 20.5 Å². The Labute approximate surface area is 151 Å². The van der Waals surface area contributed by atoms with E-state index in [-0.39, 0.29) is 12.1 Å². The lowest BCUT2D eigenvalue weighted by Crippen LogP contribution is -2.19. The molecular weight excluding hydrogens is 364 g/mol. The molecule has 4 N–H and O–H groups in total. The van der Waals surface area contributed by atoms with Gasteiger partial charge in [0.1, 0.15) is 5.15 Å². The Balaban J connectivity index is 0.000000552. The number of hydrogen-bond donors (Lipinski definition) is 4. The number of amides is 1. The van der Waals surface area contributed by atoms with Gasteiger partial charge in [0.2, 0.25) is 0 Å². The van der Waals surface area contributed by atoms with Crippen molar-refractivity contribution < 1.29 is 19.8 Å². The zero-order chi connectivity index (χ0) is 19.3. The van der Waals surface area contributed by atoms with Crippen LogP contribution >= 0.6 is 11.6 Å². The van der Waals surface area contributed by atoms with Crippen molar-refractivity contribution in [3.63, 3.8) is 0 Å². The Hall–Kier alpha value is -3.33. The van der Waals surface area contributed by atoms with Crippen LogP contribution in [0.2, 0.25) is 5.15 Å². The quantitative estimate of drug-likeness (QED) is 0.551. The number of carbonyl (C=O) groups is 2. The second kappa shape index (κ2) is 8.17. The van der Waals surface area contributed by atoms with Gasteiger partial charge in [-0.2, -0.15) is 0 Å². The number of benzene rings is 1. The van der Waals surface area contributed by atoms with Crippen LogP contribution in [0.3, 0.4) is 0 Å². The molecule has 0 unspecified atom stereocenters. The predicted molar refractivity (Wildman–Crippen MR) is 94.9 cm³/mol. The predicted octanol–water partition coefficient (Wildman–Crippen LogP) is 2.23. The summed E-state index contributed by atoms with van der Waals surface area (Å²) in [6.07, 6.45) is 0.245. The van der Waals surface area contributed by atoms with Gasteiger partial charge in [0.15, 0.2) is 5.65 Å². The monoisotopic (exact) mass is 378 g/mol. The van der Waals surface area contributed by atoms with Crippen LogP contribution in [0.4, 0.5) is 4.79 Å². The molecule has 1 aromatic carbocycles. The van der Waals surface area contributed by atoms with Crippen LogP contribution in [0.25, 0.3) is 16.7 Å². The molecule has 2 aromatic heterocycles. The van der Waals surface area contributed by atoms with Gasteiger partial charge in [0.05, 0.1) is 11.7 Å². The molecule has 0 atom stereocenters. The molecule has 0 radical (unpaired) electrons. The third-order valence-corrected chi connectivity index (χ3v) is 3.47. The summed E-state index contributed by atoms with van der Waals surface area (Å²) in [5.74, 6) is -0.833. The minimum atomic E-state index is -1.08. The molecule has 136 valence electrons. The van der Waals surface area contributed by atoms with Crippen molar-refractivity contribution in [2.24, 2.45) is 0 Å². The van der Waals surface area contributed by atoms with E-state index in [1.807, 2.05) is 0 Å². The fourth-order valence-electron chi connectivity index (χ4n) is 2.18. The van der Waals surface area contributed by atoms with E-state index in [0.29, 0.717) is 16.2 Å². The van der Waals surface area contributed by atoms with Gasteiger partial charge in [-0.3, -0.25) is 14.2 Å². The van der Waals surface area contributed by atoms with Gasteiger partial charge in [-0.1, -0.05) is 23.7 Å². The summed E-state index contributed by atoms with van der Waals surface area (Å²) in [7, 11) is 0. The van der Waals surface area contributed by atoms with Crippen molar-refractivity contribution in [2.45, 2.75) is 13.5 Å². The highest BCUT2D eigenvalue weighted by atomic mass is 35.5. The second-order valence-corrected chi connectivity index (χ2v) is 5.50. The fourth-order valence-corrected chi connectivity index (χ4v) is 2.47. The average Bonchev–Trinajstić information content (AvgIpc) is 2.90. The van der Waals surface area contributed by atoms with Gasteiger partial charge in [-0.25, -0.2) is 9.78 Å². The van der Waals surface area contributed by atoms with E-state index in [4.69, 9.17) is 26.6 Å². The number of carboxylic acid groups (broad SMARTS) is 2. The number of halogens is 1. The third-order valence-electron chi connectivity index (χ3n) is 3.20. The Morgan fingerprint density at radius 3 is 2.46 bits per heavy atom. The summed E-state index contributed by atoms with van der Waals surface area (Å²) in [5, 5.41) is 19.1. The topological polar surface area (TPSA) is 137 Å². The van der Waals surface area contributed by atoms with E-state index in [0.717, 1.165) is 18.2 Å². The van der Waals surface area contributed by atoms with Gasteiger partial charge in [0, 0.05) is 19.2 Å². The van der Waals surface area contributed by atoms with Crippen LogP contribution in [0.5, 0.6) is 0 Å². The number of aromatic amines is 1. The number of aliphatic carboxylic acids is 1. The molecule has 10 heteroatoms. The van der Waals surface area contributed by atoms with Crippen molar-refractivity contribution in [3.05, 3.63) is 57.7 Å². The van der Waals surface area contributed by atoms with Crippen LogP contribution in [-0.2, 0) is 11.3 Å². The first-order valence-electron chi connectivity index (χ1n) is 7.30. The van der Waals surface area contributed by atoms with E-state index < -0.39 is 12.1 Å². The Morgan fingerprint density at radius 1 is 1.27 bits per heavy atom. The molecule has 0 aliphatic rings. The number of fused-ring (bicyclic) bond motifs is 1. The maximum Gasteiger partial charge on any atom is 0.404 e. The number of nitrogens with zero attached hydrogens (tertiary/aromatic N) is 2. The molecule has 0 fully saturated rings. The van der Waals surface area contributed by atoms with Crippen LogP contribution < -0.4 is 10.9 Å². The van der Waals surface area contributed by atoms with Crippen LogP contribution in [0.15, 0.2) is 41.5 Å². The molecule has 2 heterocycles. The molecule has 0 saturated carbocycles. The van der Waals surface area contributed by atoms with E-state index in [2.05, 4.69) is 15.3 Å². The smallest absolute Gasteiger partial charge is 0.404 e. The van der Waals surface area contributed by atoms with Crippen molar-refractivity contribution in [1.29, 1.82) is 0 Å². The second-order valence-electron chi connectivity index (χ2n) is 5.12. The number of carboxylic acids is 1. The number of rotatable bonds is 3. The van der Waals surface area contributed by atoms with Crippen LogP contribution in [0.1, 0.15) is 12.5 Å². The van der Waals surface area contributed by atoms with Crippen molar-refractivity contribution in [3.8, 4) is 5.69 Å². The maximum atomic E-state index is 11.7. The molecule has 3 rings (SSSR count). The van der Waals surface area contributed by atoms with E-state index in [9.17, 15) is 9.59 Å². The maximum absolute atomic E-state index is 11.7. The summed E-state index contributed by atoms with van der Waals surface area (Å²) in [6.45, 7) is 1.30. The van der Waals surface area contributed by atoms with Gasteiger partial charge >= 0.3 is 6.09 Å². The number of H-pyrrole nitrogens is 1. The standard InChI is InChI=1S/C14H11ClN4O3.C2H4O2/c15-11-5-10-12(17-7-18-13(10)20)19(11)9-3-1-8(2-4-9)6-16-14(21)22;1-2(3)4/h1-5,7,16H,6H2,(H,21,22)(H,17,18,20);1H3,(H,3,4). The zero-order valence-electron chi connectivity index (χ0n) is 13.6. The minimum Gasteiger partial charge on any atom is -0.481 e. The first-order chi connectivity index (χ1) is 12.3. The zero-order valence-corrected chi connectivity index (χ0v) is 14.3. The molecule has 0 saturated heterocycles. The lowest BCUT2D eigenvalue weighted by Gasteiger charge is -2.08. The number of aromatic nitrogens is 3. The van der Waals surface area contributed by atoms with E-state index in [1.165, 1.54) is 6.33 Å².